The van der Waals surface area contributed by atoms with E-state index in [1.165, 1.54) is 31.4 Å². The molecule has 0 aliphatic rings. The number of sulfonamides is 1. The summed E-state index contributed by atoms with van der Waals surface area (Å²) in [5.74, 6) is -0.366. The maximum Gasteiger partial charge on any atom is 0.262 e. The smallest absolute Gasteiger partial charge is 0.262 e. The average molecular weight is 376 g/mol. The summed E-state index contributed by atoms with van der Waals surface area (Å²) >= 11 is 0. The zero-order chi connectivity index (χ0) is 18.7. The van der Waals surface area contributed by atoms with Crippen molar-refractivity contribution in [2.75, 3.05) is 11.8 Å². The highest BCUT2D eigenvalue weighted by Gasteiger charge is 2.23. The molecular weight excluding hydrogens is 359 g/mol. The molecule has 136 valence electrons. The molecule has 0 fully saturated rings. The minimum absolute atomic E-state index is 0.0791. The van der Waals surface area contributed by atoms with Crippen LogP contribution in [0.1, 0.15) is 12.6 Å². The van der Waals surface area contributed by atoms with E-state index in [9.17, 15) is 12.8 Å². The maximum absolute atomic E-state index is 14.0. The zero-order valence-corrected chi connectivity index (χ0v) is 15.0. The van der Waals surface area contributed by atoms with Crippen LogP contribution in [0.5, 0.6) is 5.75 Å². The van der Waals surface area contributed by atoms with Gasteiger partial charge in [0.05, 0.1) is 12.0 Å². The van der Waals surface area contributed by atoms with Gasteiger partial charge >= 0.3 is 0 Å². The molecule has 0 saturated carbocycles. The van der Waals surface area contributed by atoms with Crippen LogP contribution in [0.2, 0.25) is 0 Å². The van der Waals surface area contributed by atoms with Crippen molar-refractivity contribution in [3.8, 4) is 17.1 Å². The molecule has 26 heavy (non-hydrogen) atoms. The van der Waals surface area contributed by atoms with E-state index in [0.717, 1.165) is 0 Å². The molecule has 0 unspecified atom stereocenters. The number of anilines is 1. The molecule has 0 bridgehead atoms. The Morgan fingerprint density at radius 1 is 1.19 bits per heavy atom. The molecule has 3 aromatic rings. The summed E-state index contributed by atoms with van der Waals surface area (Å²) in [4.78, 5) is 0.107. The van der Waals surface area contributed by atoms with Crippen LogP contribution in [-0.2, 0) is 16.4 Å². The van der Waals surface area contributed by atoms with Crippen molar-refractivity contribution in [3.05, 3.63) is 60.0 Å². The van der Waals surface area contributed by atoms with Gasteiger partial charge in [0.25, 0.3) is 10.0 Å². The summed E-state index contributed by atoms with van der Waals surface area (Å²) in [6.07, 6.45) is 0.439. The summed E-state index contributed by atoms with van der Waals surface area (Å²) < 4.78 is 52.0. The number of aryl methyl sites for hydroxylation is 1. The summed E-state index contributed by atoms with van der Waals surface area (Å²) in [5, 5.41) is 3.91. The SMILES string of the molecule is CCc1noc(-c2ccc(OC)c(F)c2)c1NS(=O)(=O)c1ccccc1. The lowest BCUT2D eigenvalue weighted by Crippen LogP contribution is -2.14. The number of hydrogen-bond donors (Lipinski definition) is 1. The van der Waals surface area contributed by atoms with Crippen LogP contribution >= 0.6 is 0 Å². The number of ether oxygens (including phenoxy) is 1. The van der Waals surface area contributed by atoms with Crippen molar-refractivity contribution in [2.45, 2.75) is 18.2 Å². The lowest BCUT2D eigenvalue weighted by Gasteiger charge is -2.09. The van der Waals surface area contributed by atoms with Crippen molar-refractivity contribution in [3.63, 3.8) is 0 Å². The lowest BCUT2D eigenvalue weighted by molar-refractivity contribution is 0.386. The third-order valence-corrected chi connectivity index (χ3v) is 5.17. The van der Waals surface area contributed by atoms with Gasteiger partial charge in [0.2, 0.25) is 0 Å². The maximum atomic E-state index is 14.0. The number of hydrogen-bond acceptors (Lipinski definition) is 5. The van der Waals surface area contributed by atoms with Crippen LogP contribution < -0.4 is 9.46 Å². The Balaban J connectivity index is 2.05. The molecule has 1 N–H and O–H groups in total. The van der Waals surface area contributed by atoms with Crippen molar-refractivity contribution in [2.24, 2.45) is 0 Å². The quantitative estimate of drug-likeness (QED) is 0.707. The van der Waals surface area contributed by atoms with Gasteiger partial charge in [-0.25, -0.2) is 12.8 Å². The number of rotatable bonds is 6. The van der Waals surface area contributed by atoms with E-state index < -0.39 is 15.8 Å². The van der Waals surface area contributed by atoms with Crippen molar-refractivity contribution in [1.82, 2.24) is 5.16 Å². The first-order valence-electron chi connectivity index (χ1n) is 7.86. The Kier molecular flexibility index (Phi) is 4.94. The summed E-state index contributed by atoms with van der Waals surface area (Å²) in [5.41, 5.74) is 0.970. The van der Waals surface area contributed by atoms with E-state index in [1.807, 2.05) is 6.92 Å². The van der Waals surface area contributed by atoms with Gasteiger partial charge in [-0.15, -0.1) is 0 Å². The Morgan fingerprint density at radius 2 is 1.92 bits per heavy atom. The first-order valence-corrected chi connectivity index (χ1v) is 9.35. The lowest BCUT2D eigenvalue weighted by atomic mass is 10.1. The van der Waals surface area contributed by atoms with E-state index in [4.69, 9.17) is 9.26 Å². The molecular formula is C18H17FN2O4S. The van der Waals surface area contributed by atoms with Crippen LogP contribution in [0.3, 0.4) is 0 Å². The highest BCUT2D eigenvalue weighted by Crippen LogP contribution is 2.35. The van der Waals surface area contributed by atoms with Gasteiger partial charge in [0, 0.05) is 5.56 Å². The molecule has 3 rings (SSSR count). The van der Waals surface area contributed by atoms with E-state index in [0.29, 0.717) is 17.7 Å². The fraction of sp³-hybridized carbons (Fsp3) is 0.167. The highest BCUT2D eigenvalue weighted by molar-refractivity contribution is 7.92. The molecule has 0 spiro atoms. The molecule has 0 atom stereocenters. The topological polar surface area (TPSA) is 81.4 Å². The molecule has 1 heterocycles. The standard InChI is InChI=1S/C18H17FN2O4S/c1-3-15-17(21-26(22,23)13-7-5-4-6-8-13)18(25-20-15)12-9-10-16(24-2)14(19)11-12/h4-11,21H,3H2,1-2H3. The molecule has 0 radical (unpaired) electrons. The normalized spacial score (nSPS) is 11.3. The van der Waals surface area contributed by atoms with Gasteiger partial charge in [-0.3, -0.25) is 4.72 Å². The summed E-state index contributed by atoms with van der Waals surface area (Å²) in [7, 11) is -2.48. The summed E-state index contributed by atoms with van der Waals surface area (Å²) in [6.45, 7) is 1.82. The Morgan fingerprint density at radius 3 is 2.54 bits per heavy atom. The number of methoxy groups -OCH3 is 1. The molecule has 0 saturated heterocycles. The zero-order valence-electron chi connectivity index (χ0n) is 14.2. The van der Waals surface area contributed by atoms with Crippen LogP contribution in [0.15, 0.2) is 57.9 Å². The minimum Gasteiger partial charge on any atom is -0.494 e. The van der Waals surface area contributed by atoms with Gasteiger partial charge in [0.15, 0.2) is 17.3 Å². The van der Waals surface area contributed by atoms with Crippen molar-refractivity contribution in [1.29, 1.82) is 0 Å². The largest absolute Gasteiger partial charge is 0.494 e. The van der Waals surface area contributed by atoms with Crippen LogP contribution in [0.25, 0.3) is 11.3 Å². The van der Waals surface area contributed by atoms with E-state index >= 15 is 0 Å². The van der Waals surface area contributed by atoms with Crippen LogP contribution in [0.4, 0.5) is 10.1 Å². The monoisotopic (exact) mass is 376 g/mol. The van der Waals surface area contributed by atoms with Gasteiger partial charge in [-0.1, -0.05) is 30.3 Å². The second-order valence-electron chi connectivity index (χ2n) is 5.45. The Bertz CT molecular complexity index is 1020. The van der Waals surface area contributed by atoms with Gasteiger partial charge in [-0.2, -0.15) is 0 Å². The third-order valence-electron chi connectivity index (χ3n) is 3.80. The molecule has 8 heteroatoms. The molecule has 6 nitrogen and oxygen atoms in total. The first kappa shape index (κ1) is 17.9. The fourth-order valence-electron chi connectivity index (χ4n) is 2.47. The Labute approximate surface area is 150 Å². The predicted molar refractivity (Wildman–Crippen MR) is 95.1 cm³/mol. The number of benzene rings is 2. The second kappa shape index (κ2) is 7.17. The Hall–Kier alpha value is -2.87. The molecule has 2 aromatic carbocycles. The minimum atomic E-state index is -3.84. The van der Waals surface area contributed by atoms with Crippen LogP contribution in [0, 0.1) is 5.82 Å². The predicted octanol–water partition coefficient (Wildman–Crippen LogP) is 3.85. The number of halogens is 1. The molecule has 0 amide bonds. The first-order chi connectivity index (χ1) is 12.5. The number of nitrogens with one attached hydrogen (secondary N) is 1. The third kappa shape index (κ3) is 3.41. The number of nitrogens with zero attached hydrogens (tertiary/aromatic N) is 1. The average Bonchev–Trinajstić information content (AvgIpc) is 3.04. The molecule has 0 aliphatic heterocycles. The van der Waals surface area contributed by atoms with E-state index in [-0.39, 0.29) is 22.1 Å². The highest BCUT2D eigenvalue weighted by atomic mass is 32.2. The van der Waals surface area contributed by atoms with Gasteiger partial charge in [0.1, 0.15) is 11.4 Å². The van der Waals surface area contributed by atoms with Gasteiger partial charge < -0.3 is 9.26 Å². The van der Waals surface area contributed by atoms with Crippen LogP contribution in [-0.4, -0.2) is 20.7 Å². The van der Waals surface area contributed by atoms with Crippen molar-refractivity contribution >= 4 is 15.7 Å². The van der Waals surface area contributed by atoms with Gasteiger partial charge in [-0.05, 0) is 36.8 Å². The fourth-order valence-corrected chi connectivity index (χ4v) is 3.58. The van der Waals surface area contributed by atoms with E-state index in [2.05, 4.69) is 9.88 Å². The second-order valence-corrected chi connectivity index (χ2v) is 7.14. The number of aromatic nitrogens is 1. The summed E-state index contributed by atoms with van der Waals surface area (Å²) in [6, 6.07) is 12.2. The van der Waals surface area contributed by atoms with E-state index in [1.54, 1.807) is 24.3 Å². The molecule has 1 aromatic heterocycles. The van der Waals surface area contributed by atoms with Crippen molar-refractivity contribution < 1.29 is 22.1 Å². The molecule has 0 aliphatic carbocycles.